The molecule has 0 aliphatic rings. The van der Waals surface area contributed by atoms with Crippen molar-refractivity contribution in [1.82, 2.24) is 4.98 Å². The van der Waals surface area contributed by atoms with Crippen molar-refractivity contribution in [3.8, 4) is 27.6 Å². The van der Waals surface area contributed by atoms with Crippen molar-refractivity contribution in [2.24, 2.45) is 0 Å². The van der Waals surface area contributed by atoms with Crippen LogP contribution in [0.5, 0.6) is 5.75 Å². The third-order valence-electron chi connectivity index (χ3n) is 3.07. The monoisotopic (exact) mass is 359 g/mol. The topological polar surface area (TPSA) is 22.1 Å². The van der Waals surface area contributed by atoms with E-state index in [1.54, 1.807) is 11.3 Å². The highest BCUT2D eigenvalue weighted by Gasteiger charge is 2.09. The number of halogens is 1. The molecule has 0 saturated heterocycles. The van der Waals surface area contributed by atoms with Crippen LogP contribution in [-0.4, -0.2) is 11.6 Å². The fourth-order valence-corrected chi connectivity index (χ4v) is 3.53. The van der Waals surface area contributed by atoms with Crippen LogP contribution in [0.25, 0.3) is 21.8 Å². The number of rotatable bonds is 4. The zero-order valence-electron chi connectivity index (χ0n) is 11.5. The first-order valence-corrected chi connectivity index (χ1v) is 8.39. The molecule has 1 heterocycles. The molecule has 0 aliphatic carbocycles. The zero-order valence-corrected chi connectivity index (χ0v) is 13.9. The van der Waals surface area contributed by atoms with Crippen LogP contribution in [0.2, 0.25) is 0 Å². The molecule has 0 radical (unpaired) electrons. The normalized spacial score (nSPS) is 10.6. The number of thiazole rings is 1. The van der Waals surface area contributed by atoms with Crippen LogP contribution < -0.4 is 4.74 Å². The minimum Gasteiger partial charge on any atom is -0.494 e. The highest BCUT2D eigenvalue weighted by Crippen LogP contribution is 2.33. The molecule has 4 heteroatoms. The minimum absolute atomic E-state index is 0.683. The molecule has 1 aromatic heterocycles. The molecule has 0 saturated carbocycles. The number of hydrogen-bond acceptors (Lipinski definition) is 3. The Balaban J connectivity index is 1.89. The van der Waals surface area contributed by atoms with Gasteiger partial charge in [-0.3, -0.25) is 0 Å². The van der Waals surface area contributed by atoms with Crippen molar-refractivity contribution in [3.63, 3.8) is 0 Å². The first-order chi connectivity index (χ1) is 10.3. The highest BCUT2D eigenvalue weighted by molar-refractivity contribution is 9.10. The van der Waals surface area contributed by atoms with Crippen molar-refractivity contribution in [2.75, 3.05) is 6.61 Å². The van der Waals surface area contributed by atoms with Gasteiger partial charge in [-0.1, -0.05) is 34.1 Å². The van der Waals surface area contributed by atoms with Gasteiger partial charge in [-0.05, 0) is 37.3 Å². The number of ether oxygens (including phenoxy) is 1. The van der Waals surface area contributed by atoms with Gasteiger partial charge in [0.25, 0.3) is 0 Å². The highest BCUT2D eigenvalue weighted by atomic mass is 79.9. The molecule has 0 aliphatic heterocycles. The van der Waals surface area contributed by atoms with E-state index in [2.05, 4.69) is 27.4 Å². The molecule has 3 aromatic rings. The van der Waals surface area contributed by atoms with E-state index >= 15 is 0 Å². The second-order valence-corrected chi connectivity index (χ2v) is 6.19. The molecule has 0 bridgehead atoms. The quantitative estimate of drug-likeness (QED) is 0.601. The van der Waals surface area contributed by atoms with Gasteiger partial charge in [0.05, 0.1) is 12.3 Å². The Morgan fingerprint density at radius 2 is 1.86 bits per heavy atom. The zero-order chi connectivity index (χ0) is 14.7. The summed E-state index contributed by atoms with van der Waals surface area (Å²) >= 11 is 5.23. The molecule has 0 atom stereocenters. The number of hydrogen-bond donors (Lipinski definition) is 0. The molecule has 2 nitrogen and oxygen atoms in total. The molecule has 21 heavy (non-hydrogen) atoms. The summed E-state index contributed by atoms with van der Waals surface area (Å²) in [6, 6.07) is 16.2. The van der Waals surface area contributed by atoms with Gasteiger partial charge < -0.3 is 4.74 Å². The van der Waals surface area contributed by atoms with Crippen LogP contribution in [0, 0.1) is 0 Å². The maximum atomic E-state index is 5.46. The summed E-state index contributed by atoms with van der Waals surface area (Å²) in [6.45, 7) is 2.67. The molecular formula is C17H14BrNOS. The lowest BCUT2D eigenvalue weighted by Crippen LogP contribution is -1.90. The van der Waals surface area contributed by atoms with E-state index in [1.807, 2.05) is 49.4 Å². The van der Waals surface area contributed by atoms with Gasteiger partial charge in [0.15, 0.2) is 0 Å². The van der Waals surface area contributed by atoms with E-state index in [9.17, 15) is 0 Å². The third-order valence-corrected chi connectivity index (χ3v) is 4.64. The Hall–Kier alpha value is -1.65. The summed E-state index contributed by atoms with van der Waals surface area (Å²) in [5.41, 5.74) is 3.22. The van der Waals surface area contributed by atoms with E-state index in [0.29, 0.717) is 6.61 Å². The Labute approximate surface area is 136 Å². The van der Waals surface area contributed by atoms with Gasteiger partial charge in [0.2, 0.25) is 0 Å². The third kappa shape index (κ3) is 3.17. The van der Waals surface area contributed by atoms with Crippen LogP contribution in [-0.2, 0) is 0 Å². The number of nitrogens with zero attached hydrogens (tertiary/aromatic N) is 1. The van der Waals surface area contributed by atoms with E-state index in [-0.39, 0.29) is 0 Å². The molecule has 3 rings (SSSR count). The SMILES string of the molecule is CCOc1ccc(-c2csc(-c3ccccc3Br)n2)cc1. The number of aromatic nitrogens is 1. The second kappa shape index (κ2) is 6.41. The summed E-state index contributed by atoms with van der Waals surface area (Å²) in [7, 11) is 0. The van der Waals surface area contributed by atoms with E-state index in [0.717, 1.165) is 32.1 Å². The molecule has 2 aromatic carbocycles. The van der Waals surface area contributed by atoms with Gasteiger partial charge in [-0.25, -0.2) is 4.98 Å². The Morgan fingerprint density at radius 3 is 2.57 bits per heavy atom. The van der Waals surface area contributed by atoms with Crippen LogP contribution in [0.1, 0.15) is 6.92 Å². The van der Waals surface area contributed by atoms with E-state index in [1.165, 1.54) is 0 Å². The maximum Gasteiger partial charge on any atom is 0.125 e. The van der Waals surface area contributed by atoms with Crippen LogP contribution in [0.15, 0.2) is 58.4 Å². The molecule has 0 amide bonds. The first kappa shape index (κ1) is 14.3. The van der Waals surface area contributed by atoms with Crippen molar-refractivity contribution >= 4 is 27.3 Å². The fourth-order valence-electron chi connectivity index (χ4n) is 2.05. The summed E-state index contributed by atoms with van der Waals surface area (Å²) < 4.78 is 6.53. The van der Waals surface area contributed by atoms with Crippen LogP contribution in [0.4, 0.5) is 0 Å². The number of benzene rings is 2. The lowest BCUT2D eigenvalue weighted by atomic mass is 10.1. The molecule has 0 spiro atoms. The Morgan fingerprint density at radius 1 is 1.10 bits per heavy atom. The predicted octanol–water partition coefficient (Wildman–Crippen LogP) is 5.64. The van der Waals surface area contributed by atoms with Gasteiger partial charge in [-0.2, -0.15) is 0 Å². The van der Waals surface area contributed by atoms with Gasteiger partial charge in [-0.15, -0.1) is 11.3 Å². The average molecular weight is 360 g/mol. The largest absolute Gasteiger partial charge is 0.494 e. The lowest BCUT2D eigenvalue weighted by Gasteiger charge is -2.03. The first-order valence-electron chi connectivity index (χ1n) is 6.71. The molecule has 0 fully saturated rings. The van der Waals surface area contributed by atoms with E-state index < -0.39 is 0 Å². The fraction of sp³-hybridized carbons (Fsp3) is 0.118. The summed E-state index contributed by atoms with van der Waals surface area (Å²) in [5, 5.41) is 3.11. The Bertz CT molecular complexity index is 737. The maximum absolute atomic E-state index is 5.46. The van der Waals surface area contributed by atoms with Crippen molar-refractivity contribution in [1.29, 1.82) is 0 Å². The van der Waals surface area contributed by atoms with Crippen molar-refractivity contribution < 1.29 is 4.74 Å². The predicted molar refractivity (Wildman–Crippen MR) is 91.9 cm³/mol. The molecular weight excluding hydrogens is 346 g/mol. The summed E-state index contributed by atoms with van der Waals surface area (Å²) in [5.74, 6) is 0.891. The van der Waals surface area contributed by atoms with E-state index in [4.69, 9.17) is 9.72 Å². The average Bonchev–Trinajstić information content (AvgIpc) is 2.98. The minimum atomic E-state index is 0.683. The molecule has 106 valence electrons. The standard InChI is InChI=1S/C17H14BrNOS/c1-2-20-13-9-7-12(8-10-13)16-11-21-17(19-16)14-5-3-4-6-15(14)18/h3-11H,2H2,1H3. The second-order valence-electron chi connectivity index (χ2n) is 4.48. The lowest BCUT2D eigenvalue weighted by molar-refractivity contribution is 0.340. The Kier molecular flexibility index (Phi) is 4.36. The smallest absolute Gasteiger partial charge is 0.125 e. The summed E-state index contributed by atoms with van der Waals surface area (Å²) in [4.78, 5) is 4.73. The molecule has 0 N–H and O–H groups in total. The van der Waals surface area contributed by atoms with Gasteiger partial charge >= 0.3 is 0 Å². The van der Waals surface area contributed by atoms with Gasteiger partial charge in [0.1, 0.15) is 10.8 Å². The van der Waals surface area contributed by atoms with Crippen LogP contribution in [0.3, 0.4) is 0 Å². The van der Waals surface area contributed by atoms with Crippen LogP contribution >= 0.6 is 27.3 Å². The van der Waals surface area contributed by atoms with Crippen molar-refractivity contribution in [2.45, 2.75) is 6.92 Å². The molecule has 0 unspecified atom stereocenters. The summed E-state index contributed by atoms with van der Waals surface area (Å²) in [6.07, 6.45) is 0. The van der Waals surface area contributed by atoms with Crippen molar-refractivity contribution in [3.05, 3.63) is 58.4 Å². The van der Waals surface area contributed by atoms with Gasteiger partial charge in [0, 0.05) is 21.0 Å².